The van der Waals surface area contributed by atoms with E-state index in [1.807, 2.05) is 19.9 Å². The molecule has 158 valence electrons. The molecule has 4 rings (SSSR count). The Morgan fingerprint density at radius 2 is 1.83 bits per heavy atom. The van der Waals surface area contributed by atoms with Crippen LogP contribution in [0.1, 0.15) is 29.0 Å². The minimum Gasteiger partial charge on any atom is -0.489 e. The number of hydrogen-bond acceptors (Lipinski definition) is 7. The molecule has 7 nitrogen and oxygen atoms in total. The maximum atomic E-state index is 5.99. The zero-order valence-corrected chi connectivity index (χ0v) is 17.4. The normalized spacial score (nSPS) is 19.1. The van der Waals surface area contributed by atoms with E-state index < -0.39 is 0 Å². The lowest BCUT2D eigenvalue weighted by atomic mass is 10.1. The lowest BCUT2D eigenvalue weighted by Crippen LogP contribution is -2.46. The summed E-state index contributed by atoms with van der Waals surface area (Å²) < 4.78 is 22.3. The van der Waals surface area contributed by atoms with Gasteiger partial charge >= 0.3 is 0 Å². The van der Waals surface area contributed by atoms with E-state index in [1.54, 1.807) is 0 Å². The Morgan fingerprint density at radius 1 is 1.07 bits per heavy atom. The van der Waals surface area contributed by atoms with E-state index in [0.29, 0.717) is 6.61 Å². The predicted octanol–water partition coefficient (Wildman–Crippen LogP) is 2.75. The Kier molecular flexibility index (Phi) is 6.82. The van der Waals surface area contributed by atoms with E-state index in [4.69, 9.17) is 18.7 Å². The molecule has 1 aromatic heterocycles. The molecule has 2 saturated heterocycles. The van der Waals surface area contributed by atoms with Crippen LogP contribution in [0.3, 0.4) is 0 Å². The van der Waals surface area contributed by atoms with Crippen molar-refractivity contribution >= 4 is 0 Å². The molecule has 0 N–H and O–H groups in total. The second-order valence-corrected chi connectivity index (χ2v) is 7.82. The summed E-state index contributed by atoms with van der Waals surface area (Å²) in [5, 5.41) is 3.99. The fraction of sp³-hybridized carbons (Fsp3) is 0.591. The Morgan fingerprint density at radius 3 is 2.55 bits per heavy atom. The van der Waals surface area contributed by atoms with E-state index in [-0.39, 0.29) is 6.29 Å². The molecule has 0 saturated carbocycles. The summed E-state index contributed by atoms with van der Waals surface area (Å²) in [5.41, 5.74) is 3.20. The highest BCUT2D eigenvalue weighted by Crippen LogP contribution is 2.20. The first-order valence-electron chi connectivity index (χ1n) is 10.5. The Bertz CT molecular complexity index is 761. The lowest BCUT2D eigenvalue weighted by Gasteiger charge is -2.35. The largest absolute Gasteiger partial charge is 0.489 e. The smallest absolute Gasteiger partial charge is 0.159 e. The molecule has 0 amide bonds. The summed E-state index contributed by atoms with van der Waals surface area (Å²) in [6.45, 7) is 12.2. The molecule has 0 bridgehead atoms. The van der Waals surface area contributed by atoms with Gasteiger partial charge in [-0.1, -0.05) is 17.3 Å². The van der Waals surface area contributed by atoms with Gasteiger partial charge in [0, 0.05) is 45.7 Å². The maximum absolute atomic E-state index is 5.99. The van der Waals surface area contributed by atoms with E-state index in [2.05, 4.69) is 33.2 Å². The molecular formula is C22H31N3O4. The number of aryl methyl sites for hydroxylation is 2. The third-order valence-corrected chi connectivity index (χ3v) is 5.71. The molecule has 29 heavy (non-hydrogen) atoms. The van der Waals surface area contributed by atoms with Gasteiger partial charge in [0.15, 0.2) is 6.29 Å². The van der Waals surface area contributed by atoms with Gasteiger partial charge < -0.3 is 23.6 Å². The lowest BCUT2D eigenvalue weighted by molar-refractivity contribution is -0.0533. The van der Waals surface area contributed by atoms with Gasteiger partial charge in [-0.3, -0.25) is 4.90 Å². The summed E-state index contributed by atoms with van der Waals surface area (Å²) in [4.78, 5) is 5.01. The van der Waals surface area contributed by atoms with Crippen molar-refractivity contribution in [3.8, 4) is 5.75 Å². The van der Waals surface area contributed by atoms with Crippen molar-refractivity contribution in [1.29, 1.82) is 0 Å². The Balaban J connectivity index is 1.22. The minimum atomic E-state index is 0.00109. The van der Waals surface area contributed by atoms with Crippen molar-refractivity contribution in [2.75, 3.05) is 45.9 Å². The van der Waals surface area contributed by atoms with Crippen LogP contribution in [0.4, 0.5) is 0 Å². The van der Waals surface area contributed by atoms with Crippen LogP contribution in [0, 0.1) is 13.8 Å². The standard InChI is InChI=1S/C22H31N3O4/c1-17-21(18(2)29-23-17)16-28-20-5-3-4-19(14-20)15-25-10-8-24(9-11-25)7-6-22-26-12-13-27-22/h3-5,14,22H,6-13,15-16H2,1-2H3. The van der Waals surface area contributed by atoms with Crippen LogP contribution < -0.4 is 4.74 Å². The molecule has 7 heteroatoms. The molecule has 3 heterocycles. The molecule has 2 aliphatic rings. The van der Waals surface area contributed by atoms with Crippen LogP contribution in [-0.4, -0.2) is 67.2 Å². The third kappa shape index (κ3) is 5.57. The average molecular weight is 402 g/mol. The summed E-state index contributed by atoms with van der Waals surface area (Å²) in [6.07, 6.45) is 0.964. The van der Waals surface area contributed by atoms with Crippen molar-refractivity contribution in [3.05, 3.63) is 46.8 Å². The molecule has 0 unspecified atom stereocenters. The molecule has 2 aliphatic heterocycles. The van der Waals surface area contributed by atoms with E-state index >= 15 is 0 Å². The van der Waals surface area contributed by atoms with Gasteiger partial charge in [-0.15, -0.1) is 0 Å². The quantitative estimate of drug-likeness (QED) is 0.674. The van der Waals surface area contributed by atoms with Crippen LogP contribution >= 0.6 is 0 Å². The average Bonchev–Trinajstić information content (AvgIpc) is 3.36. The number of benzene rings is 1. The molecule has 2 fully saturated rings. The first kappa shape index (κ1) is 20.3. The zero-order chi connectivity index (χ0) is 20.1. The first-order valence-corrected chi connectivity index (χ1v) is 10.5. The van der Waals surface area contributed by atoms with Crippen LogP contribution in [-0.2, 0) is 22.6 Å². The third-order valence-electron chi connectivity index (χ3n) is 5.71. The van der Waals surface area contributed by atoms with Gasteiger partial charge in [0.1, 0.15) is 18.1 Å². The molecular weight excluding hydrogens is 370 g/mol. The highest BCUT2D eigenvalue weighted by molar-refractivity contribution is 5.29. The molecule has 0 aliphatic carbocycles. The van der Waals surface area contributed by atoms with Crippen molar-refractivity contribution in [3.63, 3.8) is 0 Å². The second-order valence-electron chi connectivity index (χ2n) is 7.82. The monoisotopic (exact) mass is 401 g/mol. The molecule has 1 aromatic carbocycles. The van der Waals surface area contributed by atoms with Crippen molar-refractivity contribution in [2.24, 2.45) is 0 Å². The number of hydrogen-bond donors (Lipinski definition) is 0. The summed E-state index contributed by atoms with van der Waals surface area (Å²) >= 11 is 0. The topological polar surface area (TPSA) is 60.2 Å². The number of piperazine rings is 1. The van der Waals surface area contributed by atoms with Crippen molar-refractivity contribution < 1.29 is 18.7 Å². The van der Waals surface area contributed by atoms with Crippen LogP contribution in [0.5, 0.6) is 5.75 Å². The molecule has 0 spiro atoms. The Labute approximate surface area is 172 Å². The molecule has 2 aromatic rings. The van der Waals surface area contributed by atoms with Crippen LogP contribution in [0.25, 0.3) is 0 Å². The van der Waals surface area contributed by atoms with Gasteiger partial charge in [-0.05, 0) is 31.5 Å². The first-order chi connectivity index (χ1) is 14.2. The van der Waals surface area contributed by atoms with Gasteiger partial charge in [0.25, 0.3) is 0 Å². The van der Waals surface area contributed by atoms with Crippen molar-refractivity contribution in [1.82, 2.24) is 15.0 Å². The van der Waals surface area contributed by atoms with E-state index in [1.165, 1.54) is 5.56 Å². The highest BCUT2D eigenvalue weighted by Gasteiger charge is 2.21. The summed E-state index contributed by atoms with van der Waals surface area (Å²) in [5.74, 6) is 1.71. The number of ether oxygens (including phenoxy) is 3. The number of rotatable bonds is 8. The fourth-order valence-corrected chi connectivity index (χ4v) is 3.89. The van der Waals surface area contributed by atoms with Crippen LogP contribution in [0.2, 0.25) is 0 Å². The summed E-state index contributed by atoms with van der Waals surface area (Å²) in [7, 11) is 0. The van der Waals surface area contributed by atoms with E-state index in [0.717, 1.165) is 81.7 Å². The minimum absolute atomic E-state index is 0.00109. The number of aromatic nitrogens is 1. The number of nitrogens with zero attached hydrogens (tertiary/aromatic N) is 3. The van der Waals surface area contributed by atoms with E-state index in [9.17, 15) is 0 Å². The summed E-state index contributed by atoms with van der Waals surface area (Å²) in [6, 6.07) is 8.38. The van der Waals surface area contributed by atoms with Crippen LogP contribution in [0.15, 0.2) is 28.8 Å². The second kappa shape index (κ2) is 9.71. The van der Waals surface area contributed by atoms with Gasteiger partial charge in [0.05, 0.1) is 24.5 Å². The SMILES string of the molecule is Cc1noc(C)c1COc1cccc(CN2CCN(CCC3OCCO3)CC2)c1. The molecule has 0 radical (unpaired) electrons. The molecule has 0 atom stereocenters. The van der Waals surface area contributed by atoms with Gasteiger partial charge in [-0.25, -0.2) is 0 Å². The predicted molar refractivity (Wildman–Crippen MR) is 109 cm³/mol. The maximum Gasteiger partial charge on any atom is 0.159 e. The fourth-order valence-electron chi connectivity index (χ4n) is 3.89. The van der Waals surface area contributed by atoms with Gasteiger partial charge in [-0.2, -0.15) is 0 Å². The zero-order valence-electron chi connectivity index (χ0n) is 17.4. The van der Waals surface area contributed by atoms with Gasteiger partial charge in [0.2, 0.25) is 0 Å². The van der Waals surface area contributed by atoms with Crippen molar-refractivity contribution in [2.45, 2.75) is 39.7 Å². The Hall–Kier alpha value is -1.93. The highest BCUT2D eigenvalue weighted by atomic mass is 16.7.